The number of aromatic nitrogens is 2. The van der Waals surface area contributed by atoms with Gasteiger partial charge in [-0.1, -0.05) is 13.8 Å². The van der Waals surface area contributed by atoms with E-state index in [1.807, 2.05) is 26.4 Å². The quantitative estimate of drug-likeness (QED) is 0.634. The Morgan fingerprint density at radius 1 is 1.43 bits per heavy atom. The van der Waals surface area contributed by atoms with E-state index in [0.717, 1.165) is 6.54 Å². The maximum absolute atomic E-state index is 4.15. The highest BCUT2D eigenvalue weighted by molar-refractivity contribution is 5.38. The highest BCUT2D eigenvalue weighted by Crippen LogP contribution is 2.21. The SMILES string of the molecule is CC.CC1CCCn2cncc2N1C. The van der Waals surface area contributed by atoms with Crippen LogP contribution in [0.2, 0.25) is 0 Å². The summed E-state index contributed by atoms with van der Waals surface area (Å²) in [6.07, 6.45) is 6.40. The molecule has 0 N–H and O–H groups in total. The first kappa shape index (κ1) is 11.1. The average molecular weight is 195 g/mol. The van der Waals surface area contributed by atoms with Crippen molar-refractivity contribution in [2.24, 2.45) is 0 Å². The van der Waals surface area contributed by atoms with Crippen molar-refractivity contribution < 1.29 is 0 Å². The van der Waals surface area contributed by atoms with Gasteiger partial charge in [0.05, 0.1) is 12.5 Å². The van der Waals surface area contributed by atoms with Gasteiger partial charge in [0.1, 0.15) is 5.82 Å². The molecule has 0 saturated heterocycles. The summed E-state index contributed by atoms with van der Waals surface area (Å²) in [6.45, 7) is 7.38. The summed E-state index contributed by atoms with van der Waals surface area (Å²) in [5.74, 6) is 1.25. The van der Waals surface area contributed by atoms with Gasteiger partial charge in [-0.25, -0.2) is 4.98 Å². The Hall–Kier alpha value is -0.990. The Bertz CT molecular complexity index is 267. The minimum atomic E-state index is 0.642. The van der Waals surface area contributed by atoms with Crippen molar-refractivity contribution in [3.05, 3.63) is 12.5 Å². The Kier molecular flexibility index (Phi) is 3.98. The number of aryl methyl sites for hydroxylation is 1. The van der Waals surface area contributed by atoms with Gasteiger partial charge in [-0.3, -0.25) is 0 Å². The van der Waals surface area contributed by atoms with Crippen LogP contribution in [0.25, 0.3) is 0 Å². The molecule has 0 aromatic carbocycles. The van der Waals surface area contributed by atoms with E-state index in [-0.39, 0.29) is 0 Å². The molecule has 1 atom stereocenters. The highest BCUT2D eigenvalue weighted by Gasteiger charge is 2.17. The van der Waals surface area contributed by atoms with E-state index in [4.69, 9.17) is 0 Å². The van der Waals surface area contributed by atoms with E-state index >= 15 is 0 Å². The molecule has 14 heavy (non-hydrogen) atoms. The Balaban J connectivity index is 0.000000461. The number of fused-ring (bicyclic) bond motifs is 1. The van der Waals surface area contributed by atoms with Gasteiger partial charge in [0.25, 0.3) is 0 Å². The molecule has 0 radical (unpaired) electrons. The van der Waals surface area contributed by atoms with Crippen LogP contribution in [0.1, 0.15) is 33.6 Å². The maximum atomic E-state index is 4.15. The molecule has 2 rings (SSSR count). The zero-order valence-corrected chi connectivity index (χ0v) is 9.70. The summed E-state index contributed by atoms with van der Waals surface area (Å²) in [5.41, 5.74) is 0. The minimum absolute atomic E-state index is 0.642. The van der Waals surface area contributed by atoms with Gasteiger partial charge in [-0.2, -0.15) is 0 Å². The van der Waals surface area contributed by atoms with Crippen molar-refractivity contribution >= 4 is 5.82 Å². The van der Waals surface area contributed by atoms with Crippen LogP contribution in [0.5, 0.6) is 0 Å². The number of hydrogen-bond donors (Lipinski definition) is 0. The lowest BCUT2D eigenvalue weighted by Crippen LogP contribution is -2.28. The predicted octanol–water partition coefficient (Wildman–Crippen LogP) is 2.53. The molecular weight excluding hydrogens is 174 g/mol. The molecule has 3 heteroatoms. The third-order valence-corrected chi connectivity index (χ3v) is 2.73. The normalized spacial score (nSPS) is 20.6. The van der Waals surface area contributed by atoms with Gasteiger partial charge >= 0.3 is 0 Å². The third-order valence-electron chi connectivity index (χ3n) is 2.73. The molecule has 1 aliphatic rings. The van der Waals surface area contributed by atoms with Crippen molar-refractivity contribution in [3.8, 4) is 0 Å². The number of hydrogen-bond acceptors (Lipinski definition) is 2. The van der Waals surface area contributed by atoms with Gasteiger partial charge in [-0.15, -0.1) is 0 Å². The fraction of sp³-hybridized carbons (Fsp3) is 0.727. The second-order valence-electron chi connectivity index (χ2n) is 3.55. The molecule has 0 saturated carbocycles. The smallest absolute Gasteiger partial charge is 0.128 e. The van der Waals surface area contributed by atoms with Crippen LogP contribution in [0.4, 0.5) is 5.82 Å². The van der Waals surface area contributed by atoms with Gasteiger partial charge in [0, 0.05) is 19.6 Å². The van der Waals surface area contributed by atoms with Crippen molar-refractivity contribution in [2.75, 3.05) is 11.9 Å². The monoisotopic (exact) mass is 195 g/mol. The number of rotatable bonds is 0. The molecule has 1 aromatic heterocycles. The summed E-state index contributed by atoms with van der Waals surface area (Å²) in [6, 6.07) is 0.642. The van der Waals surface area contributed by atoms with E-state index in [2.05, 4.69) is 28.4 Å². The molecule has 1 unspecified atom stereocenters. The Labute approximate surface area is 86.7 Å². The Morgan fingerprint density at radius 2 is 2.14 bits per heavy atom. The van der Waals surface area contributed by atoms with E-state index in [9.17, 15) is 0 Å². The molecule has 2 heterocycles. The molecule has 0 aliphatic carbocycles. The molecule has 1 aliphatic heterocycles. The molecule has 80 valence electrons. The molecule has 1 aromatic rings. The molecule has 0 bridgehead atoms. The summed E-state index contributed by atoms with van der Waals surface area (Å²) >= 11 is 0. The number of anilines is 1. The number of imidazole rings is 1. The summed E-state index contributed by atoms with van der Waals surface area (Å²) in [4.78, 5) is 6.46. The van der Waals surface area contributed by atoms with Crippen molar-refractivity contribution in [1.29, 1.82) is 0 Å². The summed E-state index contributed by atoms with van der Waals surface area (Å²) in [7, 11) is 2.14. The van der Waals surface area contributed by atoms with E-state index in [1.165, 1.54) is 18.7 Å². The first-order valence-electron chi connectivity index (χ1n) is 5.52. The van der Waals surface area contributed by atoms with Crippen molar-refractivity contribution in [2.45, 2.75) is 46.2 Å². The third kappa shape index (κ3) is 2.08. The standard InChI is InChI=1S/C9H15N3.C2H6/c1-8-4-3-5-12-7-10-6-9(12)11(8)2;1-2/h6-8H,3-5H2,1-2H3;1-2H3. The fourth-order valence-corrected chi connectivity index (χ4v) is 1.76. The molecule has 0 spiro atoms. The predicted molar refractivity (Wildman–Crippen MR) is 60.7 cm³/mol. The number of nitrogens with zero attached hydrogens (tertiary/aromatic N) is 3. The van der Waals surface area contributed by atoms with E-state index in [1.54, 1.807) is 0 Å². The lowest BCUT2D eigenvalue weighted by atomic mass is 10.2. The van der Waals surface area contributed by atoms with Crippen LogP contribution in [0, 0.1) is 0 Å². The highest BCUT2D eigenvalue weighted by atomic mass is 15.3. The van der Waals surface area contributed by atoms with Crippen LogP contribution in [0.3, 0.4) is 0 Å². The lowest BCUT2D eigenvalue weighted by Gasteiger charge is -2.23. The zero-order valence-electron chi connectivity index (χ0n) is 9.70. The minimum Gasteiger partial charge on any atom is -0.357 e. The molecule has 0 amide bonds. The molecule has 0 fully saturated rings. The summed E-state index contributed by atoms with van der Waals surface area (Å²) < 4.78 is 2.23. The average Bonchev–Trinajstić information content (AvgIpc) is 2.63. The largest absolute Gasteiger partial charge is 0.357 e. The first-order chi connectivity index (χ1) is 6.79. The van der Waals surface area contributed by atoms with Gasteiger partial charge in [0.2, 0.25) is 0 Å². The zero-order chi connectivity index (χ0) is 10.6. The van der Waals surface area contributed by atoms with Crippen LogP contribution in [-0.4, -0.2) is 22.6 Å². The second kappa shape index (κ2) is 5.03. The molecule has 3 nitrogen and oxygen atoms in total. The topological polar surface area (TPSA) is 21.1 Å². The second-order valence-corrected chi connectivity index (χ2v) is 3.55. The van der Waals surface area contributed by atoms with E-state index in [0.29, 0.717) is 6.04 Å². The summed E-state index contributed by atoms with van der Waals surface area (Å²) in [5, 5.41) is 0. The maximum Gasteiger partial charge on any atom is 0.128 e. The van der Waals surface area contributed by atoms with Gasteiger partial charge < -0.3 is 9.47 Å². The van der Waals surface area contributed by atoms with E-state index < -0.39 is 0 Å². The first-order valence-corrected chi connectivity index (χ1v) is 5.52. The van der Waals surface area contributed by atoms with Crippen LogP contribution in [0.15, 0.2) is 12.5 Å². The van der Waals surface area contributed by atoms with Crippen LogP contribution < -0.4 is 4.90 Å². The van der Waals surface area contributed by atoms with Crippen LogP contribution >= 0.6 is 0 Å². The van der Waals surface area contributed by atoms with Crippen molar-refractivity contribution in [3.63, 3.8) is 0 Å². The fourth-order valence-electron chi connectivity index (χ4n) is 1.76. The van der Waals surface area contributed by atoms with Gasteiger partial charge in [-0.05, 0) is 19.8 Å². The van der Waals surface area contributed by atoms with Gasteiger partial charge in [0.15, 0.2) is 0 Å². The lowest BCUT2D eigenvalue weighted by molar-refractivity contribution is 0.590. The van der Waals surface area contributed by atoms with Crippen molar-refractivity contribution in [1.82, 2.24) is 9.55 Å². The van der Waals surface area contributed by atoms with Crippen LogP contribution in [-0.2, 0) is 6.54 Å². The molecular formula is C11H21N3. The Morgan fingerprint density at radius 3 is 2.86 bits per heavy atom.